The molecular weight excluding hydrogens is 282 g/mol. The van der Waals surface area contributed by atoms with E-state index < -0.39 is 17.3 Å². The molecule has 1 aliphatic rings. The molecule has 0 unspecified atom stereocenters. The first-order valence-electron chi connectivity index (χ1n) is 7.62. The highest BCUT2D eigenvalue weighted by Gasteiger charge is 2.35. The highest BCUT2D eigenvalue weighted by molar-refractivity contribution is 5.95. The fourth-order valence-electron chi connectivity index (χ4n) is 2.56. The highest BCUT2D eigenvalue weighted by atomic mass is 16.5. The fraction of sp³-hybridized carbons (Fsp3) is 0.529. The molecule has 2 N–H and O–H groups in total. The van der Waals surface area contributed by atoms with Crippen LogP contribution in [-0.4, -0.2) is 30.2 Å². The lowest BCUT2D eigenvalue weighted by molar-refractivity contribution is -0.141. The second-order valence-electron chi connectivity index (χ2n) is 6.31. The van der Waals surface area contributed by atoms with Crippen LogP contribution in [0.3, 0.4) is 0 Å². The third-order valence-electron chi connectivity index (χ3n) is 4.16. The van der Waals surface area contributed by atoms with Crippen LogP contribution in [0.4, 0.5) is 5.69 Å². The summed E-state index contributed by atoms with van der Waals surface area (Å²) in [6.07, 6.45) is 2.21. The number of amides is 1. The summed E-state index contributed by atoms with van der Waals surface area (Å²) in [6, 6.07) is 7.34. The zero-order valence-corrected chi connectivity index (χ0v) is 13.1. The maximum atomic E-state index is 12.4. The molecule has 1 aromatic carbocycles. The van der Waals surface area contributed by atoms with Gasteiger partial charge in [0.1, 0.15) is 0 Å². The molecule has 22 heavy (non-hydrogen) atoms. The molecule has 5 heteroatoms. The molecular formula is C17H23NO4. The van der Waals surface area contributed by atoms with E-state index >= 15 is 0 Å². The predicted molar refractivity (Wildman–Crippen MR) is 83.7 cm³/mol. The second kappa shape index (κ2) is 6.92. The number of carbonyl (C=O) groups is 2. The minimum atomic E-state index is -0.803. The molecule has 0 radical (unpaired) electrons. The van der Waals surface area contributed by atoms with Gasteiger partial charge >= 0.3 is 5.97 Å². The number of hydrogen-bond acceptors (Lipinski definition) is 3. The standard InChI is InChI=1S/C17H23NO4/c1-12(15(19)20)10-13-4-6-14(7-5-13)18-16(21)17(2)8-3-9-22-11-17/h4-7,12H,3,8-11H2,1-2H3,(H,18,21)(H,19,20)/t12-,17-/m1/s1. The first-order chi connectivity index (χ1) is 10.4. The van der Waals surface area contributed by atoms with Gasteiger partial charge in [0.2, 0.25) is 5.91 Å². The SMILES string of the molecule is C[C@H](Cc1ccc(NC(=O)[C@]2(C)CCCOC2)cc1)C(=O)O. The third-order valence-corrected chi connectivity index (χ3v) is 4.16. The van der Waals surface area contributed by atoms with Crippen LogP contribution >= 0.6 is 0 Å². The van der Waals surface area contributed by atoms with Crippen LogP contribution in [0.15, 0.2) is 24.3 Å². The monoisotopic (exact) mass is 305 g/mol. The van der Waals surface area contributed by atoms with Crippen molar-refractivity contribution in [2.75, 3.05) is 18.5 Å². The van der Waals surface area contributed by atoms with Crippen molar-refractivity contribution in [1.29, 1.82) is 0 Å². The van der Waals surface area contributed by atoms with E-state index in [-0.39, 0.29) is 5.91 Å². The van der Waals surface area contributed by atoms with Crippen molar-refractivity contribution in [3.63, 3.8) is 0 Å². The van der Waals surface area contributed by atoms with Gasteiger partial charge in [-0.1, -0.05) is 19.1 Å². The number of anilines is 1. The quantitative estimate of drug-likeness (QED) is 0.877. The predicted octanol–water partition coefficient (Wildman–Crippen LogP) is 2.71. The van der Waals surface area contributed by atoms with Crippen molar-refractivity contribution in [2.24, 2.45) is 11.3 Å². The minimum absolute atomic E-state index is 0.0288. The first kappa shape index (κ1) is 16.5. The lowest BCUT2D eigenvalue weighted by Gasteiger charge is -2.31. The molecule has 1 aromatic rings. The van der Waals surface area contributed by atoms with E-state index in [4.69, 9.17) is 9.84 Å². The van der Waals surface area contributed by atoms with Gasteiger partial charge in [-0.3, -0.25) is 9.59 Å². The van der Waals surface area contributed by atoms with Crippen LogP contribution in [-0.2, 0) is 20.7 Å². The Labute approximate surface area is 130 Å². The molecule has 2 rings (SSSR count). The largest absolute Gasteiger partial charge is 0.481 e. The second-order valence-corrected chi connectivity index (χ2v) is 6.31. The number of carbonyl (C=O) groups excluding carboxylic acids is 1. The maximum absolute atomic E-state index is 12.4. The molecule has 1 fully saturated rings. The molecule has 2 atom stereocenters. The van der Waals surface area contributed by atoms with Crippen molar-refractivity contribution in [1.82, 2.24) is 0 Å². The number of benzene rings is 1. The van der Waals surface area contributed by atoms with E-state index in [0.717, 1.165) is 30.7 Å². The topological polar surface area (TPSA) is 75.6 Å². The number of aliphatic carboxylic acids is 1. The van der Waals surface area contributed by atoms with Crippen molar-refractivity contribution < 1.29 is 19.4 Å². The van der Waals surface area contributed by atoms with Crippen LogP contribution < -0.4 is 5.32 Å². The van der Waals surface area contributed by atoms with Gasteiger partial charge in [0.15, 0.2) is 0 Å². The van der Waals surface area contributed by atoms with E-state index in [0.29, 0.717) is 13.0 Å². The summed E-state index contributed by atoms with van der Waals surface area (Å²) < 4.78 is 5.41. The summed E-state index contributed by atoms with van der Waals surface area (Å²) in [5.74, 6) is -1.25. The van der Waals surface area contributed by atoms with E-state index in [1.807, 2.05) is 31.2 Å². The lowest BCUT2D eigenvalue weighted by Crippen LogP contribution is -2.40. The lowest BCUT2D eigenvalue weighted by atomic mass is 9.84. The van der Waals surface area contributed by atoms with Gasteiger partial charge in [0, 0.05) is 12.3 Å². The van der Waals surface area contributed by atoms with Gasteiger partial charge in [-0.2, -0.15) is 0 Å². The highest BCUT2D eigenvalue weighted by Crippen LogP contribution is 2.29. The normalized spacial score (nSPS) is 22.8. The van der Waals surface area contributed by atoms with Gasteiger partial charge in [0.05, 0.1) is 17.9 Å². The smallest absolute Gasteiger partial charge is 0.306 e. The molecule has 0 bridgehead atoms. The zero-order valence-electron chi connectivity index (χ0n) is 13.1. The van der Waals surface area contributed by atoms with E-state index in [1.54, 1.807) is 6.92 Å². The number of ether oxygens (including phenoxy) is 1. The van der Waals surface area contributed by atoms with Crippen molar-refractivity contribution in [3.8, 4) is 0 Å². The minimum Gasteiger partial charge on any atom is -0.481 e. The Morgan fingerprint density at radius 2 is 2.05 bits per heavy atom. The summed E-state index contributed by atoms with van der Waals surface area (Å²) in [5.41, 5.74) is 1.19. The molecule has 0 aromatic heterocycles. The molecule has 1 heterocycles. The summed E-state index contributed by atoms with van der Waals surface area (Å²) in [6.45, 7) is 4.78. The van der Waals surface area contributed by atoms with Crippen LogP contribution in [0, 0.1) is 11.3 Å². The third kappa shape index (κ3) is 4.07. The van der Waals surface area contributed by atoms with Gasteiger partial charge in [-0.15, -0.1) is 0 Å². The van der Waals surface area contributed by atoms with E-state index in [2.05, 4.69) is 5.32 Å². The average molecular weight is 305 g/mol. The van der Waals surface area contributed by atoms with Gasteiger partial charge < -0.3 is 15.2 Å². The maximum Gasteiger partial charge on any atom is 0.306 e. The van der Waals surface area contributed by atoms with Gasteiger partial charge in [0.25, 0.3) is 0 Å². The Kier molecular flexibility index (Phi) is 5.19. The molecule has 0 spiro atoms. The Morgan fingerprint density at radius 3 is 2.59 bits per heavy atom. The molecule has 5 nitrogen and oxygen atoms in total. The average Bonchev–Trinajstić information content (AvgIpc) is 2.49. The summed E-state index contributed by atoms with van der Waals surface area (Å²) in [7, 11) is 0. The van der Waals surface area contributed by atoms with Crippen LogP contribution in [0.25, 0.3) is 0 Å². The summed E-state index contributed by atoms with van der Waals surface area (Å²) >= 11 is 0. The Morgan fingerprint density at radius 1 is 1.36 bits per heavy atom. The number of carboxylic acid groups (broad SMARTS) is 1. The number of rotatable bonds is 5. The van der Waals surface area contributed by atoms with Gasteiger partial charge in [-0.25, -0.2) is 0 Å². The van der Waals surface area contributed by atoms with E-state index in [9.17, 15) is 9.59 Å². The van der Waals surface area contributed by atoms with Gasteiger partial charge in [-0.05, 0) is 43.9 Å². The molecule has 1 amide bonds. The molecule has 0 saturated carbocycles. The number of carboxylic acids is 1. The fourth-order valence-corrected chi connectivity index (χ4v) is 2.56. The van der Waals surface area contributed by atoms with Crippen molar-refractivity contribution in [3.05, 3.63) is 29.8 Å². The summed E-state index contributed by atoms with van der Waals surface area (Å²) in [4.78, 5) is 23.2. The molecule has 0 aliphatic carbocycles. The molecule has 1 saturated heterocycles. The van der Waals surface area contributed by atoms with Crippen molar-refractivity contribution >= 4 is 17.6 Å². The van der Waals surface area contributed by atoms with E-state index in [1.165, 1.54) is 0 Å². The zero-order chi connectivity index (χ0) is 16.2. The number of hydrogen-bond donors (Lipinski definition) is 2. The van der Waals surface area contributed by atoms with Crippen LogP contribution in [0.2, 0.25) is 0 Å². The van der Waals surface area contributed by atoms with Crippen LogP contribution in [0.1, 0.15) is 32.3 Å². The first-order valence-corrected chi connectivity index (χ1v) is 7.62. The number of nitrogens with one attached hydrogen (secondary N) is 1. The summed E-state index contributed by atoms with van der Waals surface area (Å²) in [5, 5.41) is 11.8. The van der Waals surface area contributed by atoms with Crippen LogP contribution in [0.5, 0.6) is 0 Å². The Balaban J connectivity index is 1.96. The Hall–Kier alpha value is -1.88. The Bertz CT molecular complexity index is 532. The molecule has 120 valence electrons. The van der Waals surface area contributed by atoms with Crippen molar-refractivity contribution in [2.45, 2.75) is 33.1 Å². The molecule has 1 aliphatic heterocycles.